The van der Waals surface area contributed by atoms with Gasteiger partial charge in [0.2, 0.25) is 0 Å². The first-order chi connectivity index (χ1) is 17.9. The molecule has 0 fully saturated rings. The Kier molecular flexibility index (Phi) is 26.0. The van der Waals surface area contributed by atoms with E-state index in [1.807, 2.05) is 0 Å². The number of hydrogen-bond acceptors (Lipinski definition) is 0. The maximum Gasteiger partial charge on any atom is 0.673 e. The van der Waals surface area contributed by atoms with Crippen molar-refractivity contribution in [1.29, 1.82) is 0 Å². The molecule has 2 rings (SSSR count). The molecule has 2 heterocycles. The highest BCUT2D eigenvalue weighted by atomic mass is 19.5. The van der Waals surface area contributed by atoms with Gasteiger partial charge in [0, 0.05) is 37.1 Å². The van der Waals surface area contributed by atoms with E-state index in [-0.39, 0.29) is 0 Å². The lowest BCUT2D eigenvalue weighted by atomic mass is 10.2. The molecule has 0 spiro atoms. The Morgan fingerprint density at radius 3 is 0.821 bits per heavy atom. The standard InChI is InChI=1S/2C11H18N.3BF4/c2*1-2-3-4-6-9-12-10-7-5-8-11-12;3*2-1(3,4)5/h2*5,7-8,10-11H,2-4,6,9H2,1H3;;;/q2*+1;3*-1. The van der Waals surface area contributed by atoms with Crippen LogP contribution in [0, 0.1) is 0 Å². The minimum atomic E-state index is -6.00. The molecule has 0 radical (unpaired) electrons. The van der Waals surface area contributed by atoms with Crippen LogP contribution in [0.5, 0.6) is 0 Å². The summed E-state index contributed by atoms with van der Waals surface area (Å²) in [7, 11) is -18.0. The number of aromatic nitrogens is 2. The summed E-state index contributed by atoms with van der Waals surface area (Å²) in [5, 5.41) is 0. The Labute approximate surface area is 222 Å². The Hall–Kier alpha value is -2.35. The number of pyridine rings is 2. The molecule has 0 amide bonds. The fourth-order valence-electron chi connectivity index (χ4n) is 2.61. The zero-order valence-electron chi connectivity index (χ0n) is 22.0. The molecule has 0 saturated heterocycles. The van der Waals surface area contributed by atoms with Crippen LogP contribution in [-0.4, -0.2) is 21.8 Å². The summed E-state index contributed by atoms with van der Waals surface area (Å²) in [5.74, 6) is 0. The lowest BCUT2D eigenvalue weighted by Crippen LogP contribution is -2.32. The molecular formula is C22H36B3F12N2-. The van der Waals surface area contributed by atoms with Gasteiger partial charge >= 0.3 is 21.8 Å². The lowest BCUT2D eigenvalue weighted by Gasteiger charge is -1.95. The number of halogens is 12. The summed E-state index contributed by atoms with van der Waals surface area (Å²) < 4.78 is 121. The van der Waals surface area contributed by atoms with E-state index in [0.29, 0.717) is 0 Å². The average Bonchev–Trinajstić information content (AvgIpc) is 2.78. The first kappa shape index (κ1) is 41.1. The Balaban J connectivity index is -0.000000447. The van der Waals surface area contributed by atoms with E-state index in [0.717, 1.165) is 0 Å². The van der Waals surface area contributed by atoms with Gasteiger partial charge in [-0.15, -0.1) is 0 Å². The van der Waals surface area contributed by atoms with Gasteiger partial charge in [-0.3, -0.25) is 0 Å². The van der Waals surface area contributed by atoms with Crippen molar-refractivity contribution < 1.29 is 60.9 Å². The van der Waals surface area contributed by atoms with Crippen LogP contribution in [0.25, 0.3) is 0 Å². The molecule has 0 aromatic carbocycles. The topological polar surface area (TPSA) is 7.76 Å². The molecule has 0 N–H and O–H groups in total. The SMILES string of the molecule is CCCCCC[n+]1ccccc1.CCCCCC[n+]1ccccc1.F[B-](F)(F)F.F[B-](F)(F)F.F[B-](F)(F)F. The minimum Gasteiger partial charge on any atom is -0.418 e. The van der Waals surface area contributed by atoms with Gasteiger partial charge in [0.25, 0.3) is 0 Å². The van der Waals surface area contributed by atoms with Crippen LogP contribution in [0.1, 0.15) is 65.2 Å². The fraction of sp³-hybridized carbons (Fsp3) is 0.545. The third-order valence-corrected chi connectivity index (χ3v) is 4.09. The molecule has 2 nitrogen and oxygen atoms in total. The van der Waals surface area contributed by atoms with Crippen LogP contribution < -0.4 is 9.13 Å². The van der Waals surface area contributed by atoms with Crippen molar-refractivity contribution in [3.05, 3.63) is 61.2 Å². The van der Waals surface area contributed by atoms with Crippen LogP contribution in [0.3, 0.4) is 0 Å². The summed E-state index contributed by atoms with van der Waals surface area (Å²) in [6.07, 6.45) is 19.2. The molecular weight excluding hydrogens is 553 g/mol. The molecule has 228 valence electrons. The van der Waals surface area contributed by atoms with Crippen LogP contribution in [-0.2, 0) is 13.1 Å². The van der Waals surface area contributed by atoms with Crippen molar-refractivity contribution in [3.63, 3.8) is 0 Å². The fourth-order valence-corrected chi connectivity index (χ4v) is 2.61. The number of nitrogens with zero attached hydrogens (tertiary/aromatic N) is 2. The highest BCUT2D eigenvalue weighted by Gasteiger charge is 2.21. The van der Waals surface area contributed by atoms with Gasteiger partial charge in [-0.2, -0.15) is 0 Å². The van der Waals surface area contributed by atoms with Crippen molar-refractivity contribution in [3.8, 4) is 0 Å². The van der Waals surface area contributed by atoms with Gasteiger partial charge in [0.15, 0.2) is 24.8 Å². The second kappa shape index (κ2) is 24.7. The molecule has 0 aliphatic carbocycles. The minimum absolute atomic E-state index is 1.17. The van der Waals surface area contributed by atoms with Crippen molar-refractivity contribution in [2.75, 3.05) is 0 Å². The maximum atomic E-state index is 9.75. The molecule has 0 unspecified atom stereocenters. The maximum absolute atomic E-state index is 9.75. The Morgan fingerprint density at radius 1 is 0.385 bits per heavy atom. The number of aryl methyl sites for hydroxylation is 2. The normalized spacial score (nSPS) is 10.8. The second-order valence-electron chi connectivity index (χ2n) is 7.83. The van der Waals surface area contributed by atoms with E-state index < -0.39 is 21.8 Å². The quantitative estimate of drug-likeness (QED) is 0.113. The molecule has 2 aromatic heterocycles. The molecule has 39 heavy (non-hydrogen) atoms. The predicted octanol–water partition coefficient (Wildman–Crippen LogP) is 9.01. The van der Waals surface area contributed by atoms with Crippen molar-refractivity contribution in [2.45, 2.75) is 78.3 Å². The van der Waals surface area contributed by atoms with Gasteiger partial charge in [-0.1, -0.05) is 51.7 Å². The Morgan fingerprint density at radius 2 is 0.615 bits per heavy atom. The Bertz CT molecular complexity index is 669. The van der Waals surface area contributed by atoms with E-state index in [9.17, 15) is 51.8 Å². The molecule has 0 aliphatic heterocycles. The monoisotopic (exact) mass is 589 g/mol. The first-order valence-electron chi connectivity index (χ1n) is 12.4. The average molecular weight is 589 g/mol. The molecule has 0 bridgehead atoms. The van der Waals surface area contributed by atoms with Gasteiger partial charge < -0.3 is 51.8 Å². The molecule has 2 aromatic rings. The van der Waals surface area contributed by atoms with Crippen LogP contribution in [0.4, 0.5) is 51.8 Å². The van der Waals surface area contributed by atoms with Crippen molar-refractivity contribution in [2.24, 2.45) is 0 Å². The number of unbranched alkanes of at least 4 members (excludes halogenated alkanes) is 6. The van der Waals surface area contributed by atoms with Gasteiger partial charge in [0.1, 0.15) is 13.1 Å². The summed E-state index contributed by atoms with van der Waals surface area (Å²) in [6.45, 7) is 6.83. The summed E-state index contributed by atoms with van der Waals surface area (Å²) in [4.78, 5) is 0. The van der Waals surface area contributed by atoms with E-state index in [1.54, 1.807) is 0 Å². The van der Waals surface area contributed by atoms with Crippen LogP contribution >= 0.6 is 0 Å². The zero-order valence-corrected chi connectivity index (χ0v) is 22.0. The first-order valence-corrected chi connectivity index (χ1v) is 12.4. The van der Waals surface area contributed by atoms with Crippen molar-refractivity contribution in [1.82, 2.24) is 0 Å². The smallest absolute Gasteiger partial charge is 0.418 e. The highest BCUT2D eigenvalue weighted by molar-refractivity contribution is 6.50. The highest BCUT2D eigenvalue weighted by Crippen LogP contribution is 2.07. The van der Waals surface area contributed by atoms with E-state index in [4.69, 9.17) is 0 Å². The molecule has 0 saturated carbocycles. The third kappa shape index (κ3) is 61.4. The van der Waals surface area contributed by atoms with Gasteiger partial charge in [-0.25, -0.2) is 9.13 Å². The lowest BCUT2D eigenvalue weighted by molar-refractivity contribution is -0.697. The van der Waals surface area contributed by atoms with E-state index in [1.165, 1.54) is 64.5 Å². The largest absolute Gasteiger partial charge is 0.673 e. The zero-order chi connectivity index (χ0) is 30.8. The summed E-state index contributed by atoms with van der Waals surface area (Å²) in [6, 6.07) is 12.4. The number of rotatable bonds is 10. The molecule has 17 heteroatoms. The van der Waals surface area contributed by atoms with E-state index in [2.05, 4.69) is 84.2 Å². The molecule has 0 aliphatic rings. The van der Waals surface area contributed by atoms with Crippen molar-refractivity contribution >= 4 is 21.8 Å². The predicted molar refractivity (Wildman–Crippen MR) is 132 cm³/mol. The third-order valence-electron chi connectivity index (χ3n) is 4.09. The van der Waals surface area contributed by atoms with Crippen LogP contribution in [0.2, 0.25) is 0 Å². The summed E-state index contributed by atoms with van der Waals surface area (Å²) >= 11 is 0. The number of hydrogen-bond donors (Lipinski definition) is 0. The van der Waals surface area contributed by atoms with Crippen LogP contribution in [0.15, 0.2) is 61.2 Å². The second-order valence-corrected chi connectivity index (χ2v) is 7.83. The van der Waals surface area contributed by atoms with Gasteiger partial charge in [0.05, 0.1) is 0 Å². The molecule has 0 atom stereocenters. The van der Waals surface area contributed by atoms with E-state index >= 15 is 0 Å². The van der Waals surface area contributed by atoms with Gasteiger partial charge in [-0.05, 0) is 12.8 Å². The summed E-state index contributed by atoms with van der Waals surface area (Å²) in [5.41, 5.74) is 0.